The second kappa shape index (κ2) is 4.87. The molecule has 0 amide bonds. The Balaban J connectivity index is 1.44. The van der Waals surface area contributed by atoms with Crippen LogP contribution in [0, 0.1) is 17.8 Å². The molecule has 4 rings (SSSR count). The molecule has 0 aliphatic heterocycles. The molecule has 2 bridgehead atoms. The molecule has 3 aliphatic rings. The van der Waals surface area contributed by atoms with Gasteiger partial charge in [-0.05, 0) is 61.3 Å². The van der Waals surface area contributed by atoms with E-state index < -0.39 is 0 Å². The Morgan fingerprint density at radius 3 is 2.68 bits per heavy atom. The zero-order valence-corrected chi connectivity index (χ0v) is 12.3. The van der Waals surface area contributed by atoms with Crippen molar-refractivity contribution in [1.82, 2.24) is 4.90 Å². The van der Waals surface area contributed by atoms with Crippen molar-refractivity contribution in [3.05, 3.63) is 22.4 Å². The summed E-state index contributed by atoms with van der Waals surface area (Å²) in [6.45, 7) is 2.41. The van der Waals surface area contributed by atoms with E-state index in [1.54, 1.807) is 0 Å². The lowest BCUT2D eigenvalue weighted by Crippen LogP contribution is -2.43. The maximum atomic E-state index is 6.48. The number of nitrogens with two attached hydrogens (primary N) is 1. The average molecular weight is 276 g/mol. The van der Waals surface area contributed by atoms with Crippen LogP contribution < -0.4 is 5.73 Å². The van der Waals surface area contributed by atoms with Gasteiger partial charge in [-0.15, -0.1) is 11.3 Å². The summed E-state index contributed by atoms with van der Waals surface area (Å²) in [7, 11) is 0. The van der Waals surface area contributed by atoms with E-state index in [9.17, 15) is 0 Å². The van der Waals surface area contributed by atoms with Gasteiger partial charge >= 0.3 is 0 Å². The third-order valence-electron chi connectivity index (χ3n) is 5.61. The van der Waals surface area contributed by atoms with Crippen molar-refractivity contribution in [3.63, 3.8) is 0 Å². The van der Waals surface area contributed by atoms with E-state index >= 15 is 0 Å². The number of fused-ring (bicyclic) bond motifs is 2. The van der Waals surface area contributed by atoms with Crippen LogP contribution in [0.15, 0.2) is 17.5 Å². The first-order valence-electron chi connectivity index (χ1n) is 7.83. The van der Waals surface area contributed by atoms with Gasteiger partial charge in [0.25, 0.3) is 0 Å². The highest BCUT2D eigenvalue weighted by atomic mass is 32.1. The van der Waals surface area contributed by atoms with Gasteiger partial charge in [0, 0.05) is 30.1 Å². The number of nitrogens with zero attached hydrogens (tertiary/aromatic N) is 1. The molecule has 4 atom stereocenters. The molecule has 0 spiro atoms. The lowest BCUT2D eigenvalue weighted by molar-refractivity contribution is 0.162. The van der Waals surface area contributed by atoms with Crippen molar-refractivity contribution in [3.8, 4) is 0 Å². The second-order valence-corrected chi connectivity index (χ2v) is 7.85. The summed E-state index contributed by atoms with van der Waals surface area (Å²) < 4.78 is 0. The fourth-order valence-electron chi connectivity index (χ4n) is 4.38. The summed E-state index contributed by atoms with van der Waals surface area (Å²) in [4.78, 5) is 4.25. The molecule has 19 heavy (non-hydrogen) atoms. The fraction of sp³-hybridized carbons (Fsp3) is 0.750. The molecule has 2 N–H and O–H groups in total. The standard InChI is InChI=1S/C16H24N2S/c17-16-12-4-3-11(8-12)15(16)10-18(13-5-6-13)9-14-2-1-7-19-14/h1-2,7,11-13,15-16H,3-6,8-10,17H2. The van der Waals surface area contributed by atoms with Gasteiger partial charge in [-0.1, -0.05) is 6.07 Å². The summed E-state index contributed by atoms with van der Waals surface area (Å²) in [5.41, 5.74) is 6.48. The maximum Gasteiger partial charge on any atom is 0.0330 e. The fourth-order valence-corrected chi connectivity index (χ4v) is 5.11. The number of hydrogen-bond donors (Lipinski definition) is 1. The van der Waals surface area contributed by atoms with Gasteiger partial charge in [0.2, 0.25) is 0 Å². The van der Waals surface area contributed by atoms with Gasteiger partial charge in [-0.3, -0.25) is 4.90 Å². The Morgan fingerprint density at radius 1 is 1.21 bits per heavy atom. The Hall–Kier alpha value is -0.380. The number of thiophene rings is 1. The monoisotopic (exact) mass is 276 g/mol. The Morgan fingerprint density at radius 2 is 2.05 bits per heavy atom. The normalized spacial score (nSPS) is 37.4. The Bertz CT molecular complexity index is 424. The zero-order chi connectivity index (χ0) is 12.8. The van der Waals surface area contributed by atoms with E-state index in [4.69, 9.17) is 5.73 Å². The highest BCUT2D eigenvalue weighted by molar-refractivity contribution is 7.09. The van der Waals surface area contributed by atoms with Crippen LogP contribution in [0.4, 0.5) is 0 Å². The highest BCUT2D eigenvalue weighted by Gasteiger charge is 2.47. The predicted molar refractivity (Wildman–Crippen MR) is 80.0 cm³/mol. The lowest BCUT2D eigenvalue weighted by Gasteiger charge is -2.33. The highest BCUT2D eigenvalue weighted by Crippen LogP contribution is 2.48. The van der Waals surface area contributed by atoms with E-state index in [1.807, 2.05) is 11.3 Å². The Labute approximate surface area is 120 Å². The molecule has 3 heteroatoms. The van der Waals surface area contributed by atoms with E-state index in [2.05, 4.69) is 22.4 Å². The largest absolute Gasteiger partial charge is 0.327 e. The van der Waals surface area contributed by atoms with Crippen LogP contribution in [0.5, 0.6) is 0 Å². The van der Waals surface area contributed by atoms with E-state index in [-0.39, 0.29) is 0 Å². The van der Waals surface area contributed by atoms with Crippen LogP contribution in [0.2, 0.25) is 0 Å². The third kappa shape index (κ3) is 2.37. The number of hydrogen-bond acceptors (Lipinski definition) is 3. The molecule has 1 aromatic rings. The third-order valence-corrected chi connectivity index (χ3v) is 6.47. The van der Waals surface area contributed by atoms with E-state index in [0.717, 1.165) is 30.3 Å². The molecular formula is C16H24N2S. The van der Waals surface area contributed by atoms with Crippen LogP contribution in [0.1, 0.15) is 37.0 Å². The topological polar surface area (TPSA) is 29.3 Å². The molecule has 1 aromatic heterocycles. The van der Waals surface area contributed by atoms with Crippen molar-refractivity contribution >= 4 is 11.3 Å². The van der Waals surface area contributed by atoms with Crippen LogP contribution in [0.25, 0.3) is 0 Å². The molecule has 1 heterocycles. The minimum atomic E-state index is 0.489. The molecule has 3 fully saturated rings. The summed E-state index contributed by atoms with van der Waals surface area (Å²) in [6.07, 6.45) is 7.07. The number of rotatable bonds is 5. The molecule has 3 aliphatic carbocycles. The van der Waals surface area contributed by atoms with Crippen molar-refractivity contribution < 1.29 is 0 Å². The zero-order valence-electron chi connectivity index (χ0n) is 11.5. The van der Waals surface area contributed by atoms with Crippen LogP contribution in [0.3, 0.4) is 0 Å². The van der Waals surface area contributed by atoms with Crippen LogP contribution >= 0.6 is 11.3 Å². The molecule has 2 nitrogen and oxygen atoms in total. The molecule has 0 radical (unpaired) electrons. The van der Waals surface area contributed by atoms with Crippen LogP contribution in [-0.4, -0.2) is 23.5 Å². The first-order valence-corrected chi connectivity index (χ1v) is 8.71. The Kier molecular flexibility index (Phi) is 3.17. The van der Waals surface area contributed by atoms with Crippen molar-refractivity contribution in [2.24, 2.45) is 23.5 Å². The van der Waals surface area contributed by atoms with Crippen molar-refractivity contribution in [1.29, 1.82) is 0 Å². The summed E-state index contributed by atoms with van der Waals surface area (Å²) in [5, 5.41) is 2.20. The minimum absolute atomic E-state index is 0.489. The smallest absolute Gasteiger partial charge is 0.0330 e. The van der Waals surface area contributed by atoms with Crippen molar-refractivity contribution in [2.75, 3.05) is 6.54 Å². The van der Waals surface area contributed by atoms with Crippen molar-refractivity contribution in [2.45, 2.75) is 50.7 Å². The summed E-state index contributed by atoms with van der Waals surface area (Å²) in [5.74, 6) is 2.56. The maximum absolute atomic E-state index is 6.48. The average Bonchev–Trinajstić information content (AvgIpc) is 2.86. The lowest BCUT2D eigenvalue weighted by atomic mass is 9.84. The quantitative estimate of drug-likeness (QED) is 0.895. The van der Waals surface area contributed by atoms with E-state index in [0.29, 0.717) is 6.04 Å². The van der Waals surface area contributed by atoms with Gasteiger partial charge in [-0.2, -0.15) is 0 Å². The predicted octanol–water partition coefficient (Wildman–Crippen LogP) is 3.09. The van der Waals surface area contributed by atoms with Gasteiger partial charge in [0.05, 0.1) is 0 Å². The van der Waals surface area contributed by atoms with Gasteiger partial charge in [0.15, 0.2) is 0 Å². The van der Waals surface area contributed by atoms with Gasteiger partial charge in [-0.25, -0.2) is 0 Å². The second-order valence-electron chi connectivity index (χ2n) is 6.81. The minimum Gasteiger partial charge on any atom is -0.327 e. The molecule has 4 unspecified atom stereocenters. The van der Waals surface area contributed by atoms with Gasteiger partial charge in [0.1, 0.15) is 0 Å². The molecular weight excluding hydrogens is 252 g/mol. The first kappa shape index (κ1) is 12.4. The molecule has 104 valence electrons. The first-order chi connectivity index (χ1) is 9.31. The summed E-state index contributed by atoms with van der Waals surface area (Å²) in [6, 6.07) is 5.80. The SMILES string of the molecule is NC1C2CCC(C2)C1CN(Cc1cccs1)C1CC1. The molecule has 0 saturated heterocycles. The van der Waals surface area contributed by atoms with E-state index in [1.165, 1.54) is 43.5 Å². The molecule has 3 saturated carbocycles. The van der Waals surface area contributed by atoms with Crippen LogP contribution in [-0.2, 0) is 6.54 Å². The summed E-state index contributed by atoms with van der Waals surface area (Å²) >= 11 is 1.90. The molecule has 0 aromatic carbocycles. The van der Waals surface area contributed by atoms with Gasteiger partial charge < -0.3 is 5.73 Å².